The van der Waals surface area contributed by atoms with E-state index in [2.05, 4.69) is 103 Å². The summed E-state index contributed by atoms with van der Waals surface area (Å²) in [5.74, 6) is 2.43. The van der Waals surface area contributed by atoms with Crippen molar-refractivity contribution < 1.29 is 9.59 Å². The van der Waals surface area contributed by atoms with Crippen LogP contribution in [0.5, 0.6) is 0 Å². The van der Waals surface area contributed by atoms with Crippen molar-refractivity contribution in [3.63, 3.8) is 0 Å². The minimum atomic E-state index is -0.140. The van der Waals surface area contributed by atoms with E-state index in [1.54, 1.807) is 0 Å². The molecule has 3 aromatic carbocycles. The van der Waals surface area contributed by atoms with Crippen LogP contribution in [0, 0.1) is 34.5 Å². The first-order valence-electron chi connectivity index (χ1n) is 16.6. The molecular weight excluding hydrogens is 528 g/mol. The van der Waals surface area contributed by atoms with Crippen molar-refractivity contribution >= 4 is 11.8 Å². The van der Waals surface area contributed by atoms with Crippen LogP contribution in [0.1, 0.15) is 87.9 Å². The molecule has 4 heteroatoms. The van der Waals surface area contributed by atoms with Crippen LogP contribution in [-0.2, 0) is 16.1 Å². The number of nitrogens with one attached hydrogen (secondary N) is 1. The van der Waals surface area contributed by atoms with Gasteiger partial charge in [0, 0.05) is 24.9 Å². The van der Waals surface area contributed by atoms with Crippen LogP contribution >= 0.6 is 0 Å². The van der Waals surface area contributed by atoms with Crippen LogP contribution in [0.25, 0.3) is 0 Å². The van der Waals surface area contributed by atoms with Gasteiger partial charge in [0.05, 0.1) is 6.04 Å². The number of carbonyl (C=O) groups excluding carboxylic acids is 2. The molecule has 7 rings (SSSR count). The molecule has 1 aliphatic heterocycles. The Kier molecular flexibility index (Phi) is 7.43. The number of fused-ring (bicyclic) bond motifs is 5. The topological polar surface area (TPSA) is 49.4 Å². The molecule has 2 unspecified atom stereocenters. The van der Waals surface area contributed by atoms with Crippen LogP contribution in [0.2, 0.25) is 0 Å². The maximum absolute atomic E-state index is 14.2. The van der Waals surface area contributed by atoms with Gasteiger partial charge in [0.25, 0.3) is 0 Å². The van der Waals surface area contributed by atoms with E-state index < -0.39 is 0 Å². The van der Waals surface area contributed by atoms with Crippen molar-refractivity contribution in [3.05, 3.63) is 108 Å². The quantitative estimate of drug-likeness (QED) is 0.325. The van der Waals surface area contributed by atoms with E-state index >= 15 is 0 Å². The van der Waals surface area contributed by atoms with Crippen LogP contribution < -0.4 is 5.32 Å². The lowest BCUT2D eigenvalue weighted by molar-refractivity contribution is -0.164. The molecule has 4 nitrogen and oxygen atoms in total. The van der Waals surface area contributed by atoms with Gasteiger partial charge in [-0.05, 0) is 90.2 Å². The number of hydrogen-bond acceptors (Lipinski definition) is 2. The number of likely N-dealkylation sites (tertiary alicyclic amines) is 1. The average Bonchev–Trinajstić information content (AvgIpc) is 3.40. The van der Waals surface area contributed by atoms with Gasteiger partial charge in [0.15, 0.2) is 0 Å². The molecule has 4 fully saturated rings. The van der Waals surface area contributed by atoms with Gasteiger partial charge >= 0.3 is 0 Å². The second kappa shape index (κ2) is 11.3. The van der Waals surface area contributed by atoms with E-state index in [1.165, 1.54) is 18.4 Å². The molecule has 43 heavy (non-hydrogen) atoms. The molecule has 1 heterocycles. The molecule has 2 amide bonds. The third-order valence-corrected chi connectivity index (χ3v) is 12.5. The number of nitrogens with zero attached hydrogens (tertiary/aromatic N) is 1. The van der Waals surface area contributed by atoms with E-state index in [0.717, 1.165) is 49.8 Å². The molecule has 0 bridgehead atoms. The fourth-order valence-corrected chi connectivity index (χ4v) is 10.3. The second-order valence-corrected chi connectivity index (χ2v) is 14.4. The van der Waals surface area contributed by atoms with Gasteiger partial charge in [-0.15, -0.1) is 0 Å². The third kappa shape index (κ3) is 4.91. The summed E-state index contributed by atoms with van der Waals surface area (Å²) in [7, 11) is 0. The Labute approximate surface area is 257 Å². The summed E-state index contributed by atoms with van der Waals surface area (Å²) in [5, 5.41) is 3.53. The summed E-state index contributed by atoms with van der Waals surface area (Å²) < 4.78 is 0. The number of carbonyl (C=O) groups is 2. The molecule has 0 spiro atoms. The maximum Gasteiger partial charge on any atom is 0.224 e. The van der Waals surface area contributed by atoms with Crippen molar-refractivity contribution in [2.24, 2.45) is 34.5 Å². The van der Waals surface area contributed by atoms with Crippen molar-refractivity contribution in [1.29, 1.82) is 0 Å². The van der Waals surface area contributed by atoms with Crippen LogP contribution in [0.4, 0.5) is 0 Å². The Hall–Kier alpha value is -3.40. The molecule has 3 aliphatic carbocycles. The van der Waals surface area contributed by atoms with E-state index in [1.807, 2.05) is 12.1 Å². The molecule has 1 saturated heterocycles. The SMILES string of the molecule is C[C@]12CCC(=O)N(Cc3ccccc3)C1CC[C@@H]1[C@H]2CC[C@]2(C)C(C(=O)NC(c3ccccc3)c3ccccc3)CC[C@@H]12. The maximum atomic E-state index is 14.2. The van der Waals surface area contributed by atoms with E-state index in [-0.39, 0.29) is 28.7 Å². The minimum absolute atomic E-state index is 0.0284. The Bertz CT molecular complexity index is 1400. The highest BCUT2D eigenvalue weighted by atomic mass is 16.2. The zero-order valence-electron chi connectivity index (χ0n) is 25.8. The first kappa shape index (κ1) is 28.4. The Morgan fingerprint density at radius 3 is 2.02 bits per heavy atom. The van der Waals surface area contributed by atoms with Crippen molar-refractivity contribution in [2.75, 3.05) is 0 Å². The molecule has 3 aromatic rings. The Morgan fingerprint density at radius 2 is 1.37 bits per heavy atom. The van der Waals surface area contributed by atoms with Crippen LogP contribution in [0.15, 0.2) is 91.0 Å². The largest absolute Gasteiger partial charge is 0.345 e. The lowest BCUT2D eigenvalue weighted by Gasteiger charge is -2.62. The predicted octanol–water partition coefficient (Wildman–Crippen LogP) is 7.94. The minimum Gasteiger partial charge on any atom is -0.345 e. The monoisotopic (exact) mass is 574 g/mol. The van der Waals surface area contributed by atoms with E-state index in [9.17, 15) is 9.59 Å². The Balaban J connectivity index is 1.10. The fourth-order valence-electron chi connectivity index (χ4n) is 10.3. The number of piperidine rings is 1. The van der Waals surface area contributed by atoms with Crippen molar-refractivity contribution in [2.45, 2.75) is 83.8 Å². The van der Waals surface area contributed by atoms with Gasteiger partial charge in [-0.3, -0.25) is 9.59 Å². The zero-order chi connectivity index (χ0) is 29.6. The average molecular weight is 575 g/mol. The molecule has 224 valence electrons. The first-order valence-corrected chi connectivity index (χ1v) is 16.6. The lowest BCUT2D eigenvalue weighted by Crippen LogP contribution is -2.62. The fraction of sp³-hybridized carbons (Fsp3) is 0.487. The second-order valence-electron chi connectivity index (χ2n) is 14.4. The molecule has 3 saturated carbocycles. The van der Waals surface area contributed by atoms with Gasteiger partial charge in [0.2, 0.25) is 11.8 Å². The van der Waals surface area contributed by atoms with Crippen LogP contribution in [-0.4, -0.2) is 22.8 Å². The lowest BCUT2D eigenvalue weighted by atomic mass is 9.46. The molecular formula is C39H46N2O2. The molecule has 0 radical (unpaired) electrons. The number of benzene rings is 3. The molecule has 0 aromatic heterocycles. The Morgan fingerprint density at radius 1 is 0.767 bits per heavy atom. The summed E-state index contributed by atoms with van der Waals surface area (Å²) in [6.07, 6.45) is 8.33. The third-order valence-electron chi connectivity index (χ3n) is 12.5. The highest BCUT2D eigenvalue weighted by Crippen LogP contribution is 2.66. The highest BCUT2D eigenvalue weighted by molar-refractivity contribution is 5.81. The smallest absolute Gasteiger partial charge is 0.224 e. The van der Waals surface area contributed by atoms with E-state index in [4.69, 9.17) is 0 Å². The van der Waals surface area contributed by atoms with Crippen molar-refractivity contribution in [1.82, 2.24) is 10.2 Å². The predicted molar refractivity (Wildman–Crippen MR) is 171 cm³/mol. The molecule has 7 atom stereocenters. The van der Waals surface area contributed by atoms with Gasteiger partial charge < -0.3 is 10.2 Å². The van der Waals surface area contributed by atoms with Gasteiger partial charge in [0.1, 0.15) is 0 Å². The number of amides is 2. The zero-order valence-corrected chi connectivity index (χ0v) is 25.8. The normalized spacial score (nSPS) is 33.4. The summed E-state index contributed by atoms with van der Waals surface area (Å²) in [6, 6.07) is 31.5. The van der Waals surface area contributed by atoms with Gasteiger partial charge in [-0.1, -0.05) is 105 Å². The molecule has 1 N–H and O–H groups in total. The molecule has 4 aliphatic rings. The van der Waals surface area contributed by atoms with E-state index in [0.29, 0.717) is 36.1 Å². The van der Waals surface area contributed by atoms with Crippen LogP contribution in [0.3, 0.4) is 0 Å². The summed E-state index contributed by atoms with van der Waals surface area (Å²) >= 11 is 0. The van der Waals surface area contributed by atoms with Crippen molar-refractivity contribution in [3.8, 4) is 0 Å². The highest BCUT2D eigenvalue weighted by Gasteiger charge is 2.62. The van der Waals surface area contributed by atoms with Gasteiger partial charge in [-0.25, -0.2) is 0 Å². The standard InChI is InChI=1S/C39H46N2O2/c1-38-24-22-32-30(18-21-34-39(32,2)25-23-35(42)41(34)26-27-12-6-3-7-13-27)31(38)19-20-33(38)37(43)40-36(28-14-8-4-9-15-28)29-16-10-5-11-17-29/h3-17,30-34,36H,18-26H2,1-2H3,(H,40,43)/t30-,31-,32+,33?,34?,38-,39+/m0/s1. The number of rotatable bonds is 6. The summed E-state index contributed by atoms with van der Waals surface area (Å²) in [6.45, 7) is 5.67. The first-order chi connectivity index (χ1) is 20.9. The summed E-state index contributed by atoms with van der Waals surface area (Å²) in [4.78, 5) is 29.7. The summed E-state index contributed by atoms with van der Waals surface area (Å²) in [5.41, 5.74) is 3.67. The number of hydrogen-bond donors (Lipinski definition) is 1. The van der Waals surface area contributed by atoms with Gasteiger partial charge in [-0.2, -0.15) is 0 Å².